The average molecular weight is 367 g/mol. The van der Waals surface area contributed by atoms with Crippen molar-refractivity contribution in [2.75, 3.05) is 30.9 Å². The zero-order valence-electron chi connectivity index (χ0n) is 14.3. The summed E-state index contributed by atoms with van der Waals surface area (Å²) in [7, 11) is 1.65. The van der Waals surface area contributed by atoms with Crippen LogP contribution in [-0.2, 0) is 9.53 Å². The van der Waals surface area contributed by atoms with Gasteiger partial charge in [-0.25, -0.2) is 0 Å². The standard InChI is InChI=1S/C16H22N4O2S2/c1-10-6-5-7-11(2)13(10)18-14(21)12(3)23-16-20-19-15(24-16)17-8-9-22-4/h5-7,12H,8-9H2,1-4H3,(H,17,19)(H,18,21). The maximum atomic E-state index is 12.4. The fourth-order valence-electron chi connectivity index (χ4n) is 2.03. The summed E-state index contributed by atoms with van der Waals surface area (Å²) >= 11 is 2.84. The summed E-state index contributed by atoms with van der Waals surface area (Å²) in [6.45, 7) is 7.13. The Morgan fingerprint density at radius 2 is 2.04 bits per heavy atom. The Bertz CT molecular complexity index is 670. The molecule has 130 valence electrons. The van der Waals surface area contributed by atoms with E-state index in [1.54, 1.807) is 7.11 Å². The van der Waals surface area contributed by atoms with Gasteiger partial charge in [-0.1, -0.05) is 41.3 Å². The highest BCUT2D eigenvalue weighted by molar-refractivity contribution is 8.02. The molecule has 1 amide bonds. The number of nitrogens with zero attached hydrogens (tertiary/aromatic N) is 2. The molecule has 1 heterocycles. The van der Waals surface area contributed by atoms with Crippen molar-refractivity contribution in [3.8, 4) is 0 Å². The lowest BCUT2D eigenvalue weighted by Crippen LogP contribution is -2.23. The third-order valence-electron chi connectivity index (χ3n) is 3.37. The predicted molar refractivity (Wildman–Crippen MR) is 100 cm³/mol. The summed E-state index contributed by atoms with van der Waals surface area (Å²) in [5, 5.41) is 14.8. The largest absolute Gasteiger partial charge is 0.383 e. The van der Waals surface area contributed by atoms with E-state index in [1.165, 1.54) is 23.1 Å². The van der Waals surface area contributed by atoms with Gasteiger partial charge in [0.05, 0.1) is 11.9 Å². The summed E-state index contributed by atoms with van der Waals surface area (Å²) < 4.78 is 5.74. The third-order valence-corrected chi connectivity index (χ3v) is 5.43. The van der Waals surface area contributed by atoms with Crippen molar-refractivity contribution < 1.29 is 9.53 Å². The molecule has 0 saturated carbocycles. The number of para-hydroxylation sites is 1. The molecule has 8 heteroatoms. The molecule has 2 N–H and O–H groups in total. The molecule has 2 rings (SSSR count). The molecule has 1 unspecified atom stereocenters. The van der Waals surface area contributed by atoms with Crippen molar-refractivity contribution in [3.63, 3.8) is 0 Å². The Hall–Kier alpha value is -1.64. The molecule has 1 atom stereocenters. The van der Waals surface area contributed by atoms with Gasteiger partial charge in [0.15, 0.2) is 4.34 Å². The lowest BCUT2D eigenvalue weighted by atomic mass is 10.1. The highest BCUT2D eigenvalue weighted by atomic mass is 32.2. The van der Waals surface area contributed by atoms with E-state index in [0.29, 0.717) is 13.2 Å². The van der Waals surface area contributed by atoms with Gasteiger partial charge in [-0.3, -0.25) is 4.79 Å². The molecule has 2 aromatic rings. The normalized spacial score (nSPS) is 12.0. The summed E-state index contributed by atoms with van der Waals surface area (Å²) in [4.78, 5) is 12.4. The van der Waals surface area contributed by atoms with Crippen molar-refractivity contribution in [2.45, 2.75) is 30.4 Å². The summed E-state index contributed by atoms with van der Waals surface area (Å²) in [5.74, 6) is -0.0403. The third kappa shape index (κ3) is 5.19. The average Bonchev–Trinajstić information content (AvgIpc) is 2.98. The number of thioether (sulfide) groups is 1. The van der Waals surface area contributed by atoms with Crippen LogP contribution in [0.5, 0.6) is 0 Å². The van der Waals surface area contributed by atoms with Crippen LogP contribution in [0.3, 0.4) is 0 Å². The fraction of sp³-hybridized carbons (Fsp3) is 0.438. The molecule has 0 radical (unpaired) electrons. The Balaban J connectivity index is 1.92. The van der Waals surface area contributed by atoms with Crippen molar-refractivity contribution >= 4 is 39.8 Å². The second kappa shape index (κ2) is 9.00. The fourth-order valence-corrected chi connectivity index (χ4v) is 3.95. The van der Waals surface area contributed by atoms with E-state index in [2.05, 4.69) is 20.8 Å². The number of carbonyl (C=O) groups excluding carboxylic acids is 1. The van der Waals surface area contributed by atoms with E-state index in [4.69, 9.17) is 4.74 Å². The Morgan fingerprint density at radius 3 is 2.71 bits per heavy atom. The van der Waals surface area contributed by atoms with Crippen LogP contribution in [0.4, 0.5) is 10.8 Å². The highest BCUT2D eigenvalue weighted by Crippen LogP contribution is 2.30. The first kappa shape index (κ1) is 18.7. The molecule has 0 spiro atoms. The van der Waals surface area contributed by atoms with E-state index in [-0.39, 0.29) is 11.2 Å². The van der Waals surface area contributed by atoms with Crippen LogP contribution >= 0.6 is 23.1 Å². The van der Waals surface area contributed by atoms with Gasteiger partial charge in [-0.2, -0.15) is 0 Å². The number of benzene rings is 1. The number of amides is 1. The highest BCUT2D eigenvalue weighted by Gasteiger charge is 2.18. The zero-order chi connectivity index (χ0) is 17.5. The summed E-state index contributed by atoms with van der Waals surface area (Å²) in [6, 6.07) is 5.96. The van der Waals surface area contributed by atoms with Gasteiger partial charge in [0.2, 0.25) is 11.0 Å². The maximum absolute atomic E-state index is 12.4. The second-order valence-corrected chi connectivity index (χ2v) is 7.87. The number of hydrogen-bond donors (Lipinski definition) is 2. The van der Waals surface area contributed by atoms with Crippen molar-refractivity contribution in [2.24, 2.45) is 0 Å². The van der Waals surface area contributed by atoms with Crippen LogP contribution in [-0.4, -0.2) is 41.6 Å². The van der Waals surface area contributed by atoms with E-state index < -0.39 is 0 Å². The van der Waals surface area contributed by atoms with Crippen molar-refractivity contribution in [3.05, 3.63) is 29.3 Å². The Labute approximate surface area is 150 Å². The minimum absolute atomic E-state index is 0.0403. The number of ether oxygens (including phenoxy) is 1. The van der Waals surface area contributed by atoms with Gasteiger partial charge >= 0.3 is 0 Å². The van der Waals surface area contributed by atoms with Crippen LogP contribution in [0.1, 0.15) is 18.1 Å². The first-order valence-electron chi connectivity index (χ1n) is 7.61. The Kier molecular flexibility index (Phi) is 7.01. The maximum Gasteiger partial charge on any atom is 0.237 e. The Morgan fingerprint density at radius 1 is 1.33 bits per heavy atom. The quantitative estimate of drug-likeness (QED) is 0.551. The molecule has 0 saturated heterocycles. The van der Waals surface area contributed by atoms with Crippen molar-refractivity contribution in [1.82, 2.24) is 10.2 Å². The smallest absolute Gasteiger partial charge is 0.237 e. The van der Waals surface area contributed by atoms with E-state index >= 15 is 0 Å². The number of anilines is 2. The summed E-state index contributed by atoms with van der Waals surface area (Å²) in [6.07, 6.45) is 0. The lowest BCUT2D eigenvalue weighted by molar-refractivity contribution is -0.115. The molecule has 24 heavy (non-hydrogen) atoms. The summed E-state index contributed by atoms with van der Waals surface area (Å²) in [5.41, 5.74) is 3.00. The number of hydrogen-bond acceptors (Lipinski definition) is 7. The molecule has 0 aliphatic rings. The molecule has 0 aliphatic heterocycles. The second-order valence-electron chi connectivity index (χ2n) is 5.31. The van der Waals surface area contributed by atoms with Crippen LogP contribution in [0.2, 0.25) is 0 Å². The molecule has 1 aromatic heterocycles. The van der Waals surface area contributed by atoms with Gasteiger partial charge in [-0.05, 0) is 31.9 Å². The van der Waals surface area contributed by atoms with Crippen LogP contribution in [0, 0.1) is 13.8 Å². The van der Waals surface area contributed by atoms with E-state index in [1.807, 2.05) is 39.0 Å². The van der Waals surface area contributed by atoms with Crippen LogP contribution in [0.15, 0.2) is 22.5 Å². The van der Waals surface area contributed by atoms with Crippen LogP contribution < -0.4 is 10.6 Å². The number of aromatic nitrogens is 2. The number of nitrogens with one attached hydrogen (secondary N) is 2. The minimum atomic E-state index is -0.260. The number of carbonyl (C=O) groups is 1. The van der Waals surface area contributed by atoms with Gasteiger partial charge in [0.25, 0.3) is 0 Å². The lowest BCUT2D eigenvalue weighted by Gasteiger charge is -2.14. The first-order valence-corrected chi connectivity index (χ1v) is 9.31. The first-order chi connectivity index (χ1) is 11.5. The van der Waals surface area contributed by atoms with E-state index in [9.17, 15) is 4.79 Å². The van der Waals surface area contributed by atoms with Gasteiger partial charge < -0.3 is 15.4 Å². The van der Waals surface area contributed by atoms with Gasteiger partial charge in [-0.15, -0.1) is 10.2 Å². The molecule has 0 fully saturated rings. The number of rotatable bonds is 8. The zero-order valence-corrected chi connectivity index (χ0v) is 15.9. The molecular formula is C16H22N4O2S2. The van der Waals surface area contributed by atoms with Gasteiger partial charge in [0, 0.05) is 19.3 Å². The molecule has 0 bridgehead atoms. The molecule has 6 nitrogen and oxygen atoms in total. The van der Waals surface area contributed by atoms with Gasteiger partial charge in [0.1, 0.15) is 0 Å². The van der Waals surface area contributed by atoms with Crippen LogP contribution in [0.25, 0.3) is 0 Å². The van der Waals surface area contributed by atoms with Crippen molar-refractivity contribution in [1.29, 1.82) is 0 Å². The molecule has 0 aliphatic carbocycles. The number of aryl methyl sites for hydroxylation is 2. The molecule has 1 aromatic carbocycles. The minimum Gasteiger partial charge on any atom is -0.383 e. The SMILES string of the molecule is COCCNc1nnc(SC(C)C(=O)Nc2c(C)cccc2C)s1. The topological polar surface area (TPSA) is 76.1 Å². The van der Waals surface area contributed by atoms with E-state index in [0.717, 1.165) is 26.3 Å². The predicted octanol–water partition coefficient (Wildman–Crippen LogP) is 3.33. The monoisotopic (exact) mass is 366 g/mol. The number of methoxy groups -OCH3 is 1. The molecular weight excluding hydrogens is 344 g/mol.